The second kappa shape index (κ2) is 4.37. The molecule has 0 spiro atoms. The van der Waals surface area contributed by atoms with Crippen LogP contribution in [0.2, 0.25) is 0 Å². The number of anilines is 1. The Morgan fingerprint density at radius 3 is 2.12 bits per heavy atom. The molecule has 1 aromatic carbocycles. The van der Waals surface area contributed by atoms with Crippen molar-refractivity contribution in [2.75, 3.05) is 20.0 Å². The van der Waals surface area contributed by atoms with Gasteiger partial charge in [0, 0.05) is 17.2 Å². The zero-order valence-corrected chi connectivity index (χ0v) is 10.1. The van der Waals surface area contributed by atoms with Crippen molar-refractivity contribution in [1.82, 2.24) is 10.2 Å². The van der Waals surface area contributed by atoms with Crippen LogP contribution in [-0.2, 0) is 0 Å². The molecule has 2 rings (SSSR count). The topological polar surface area (TPSA) is 73.2 Å². The highest BCUT2D eigenvalue weighted by atomic mass is 16.5. The third-order valence-electron chi connectivity index (χ3n) is 2.66. The van der Waals surface area contributed by atoms with E-state index in [1.165, 1.54) is 0 Å². The molecule has 17 heavy (non-hydrogen) atoms. The van der Waals surface area contributed by atoms with Gasteiger partial charge in [0.1, 0.15) is 17.3 Å². The molecule has 2 aromatic rings. The van der Waals surface area contributed by atoms with Gasteiger partial charge in [-0.3, -0.25) is 5.10 Å². The maximum Gasteiger partial charge on any atom is 0.145 e. The second-order valence-electron chi connectivity index (χ2n) is 3.71. The number of nitrogens with zero attached hydrogens (tertiary/aromatic N) is 1. The van der Waals surface area contributed by atoms with E-state index in [1.807, 2.05) is 19.1 Å². The van der Waals surface area contributed by atoms with Gasteiger partial charge in [-0.15, -0.1) is 0 Å². The average molecular weight is 233 g/mol. The molecular weight excluding hydrogens is 218 g/mol. The van der Waals surface area contributed by atoms with Crippen molar-refractivity contribution >= 4 is 5.82 Å². The lowest BCUT2D eigenvalue weighted by Crippen LogP contribution is -1.93. The number of hydrogen-bond donors (Lipinski definition) is 2. The molecule has 5 heteroatoms. The highest BCUT2D eigenvalue weighted by Gasteiger charge is 2.10. The average Bonchev–Trinajstić information content (AvgIpc) is 2.76. The minimum absolute atomic E-state index is 0.457. The molecule has 0 fully saturated rings. The van der Waals surface area contributed by atoms with Gasteiger partial charge in [0.25, 0.3) is 0 Å². The monoisotopic (exact) mass is 233 g/mol. The number of rotatable bonds is 3. The van der Waals surface area contributed by atoms with Gasteiger partial charge in [-0.2, -0.15) is 5.10 Å². The van der Waals surface area contributed by atoms with Gasteiger partial charge < -0.3 is 15.2 Å². The van der Waals surface area contributed by atoms with Gasteiger partial charge in [-0.1, -0.05) is 0 Å². The number of H-pyrrole nitrogens is 1. The van der Waals surface area contributed by atoms with Crippen LogP contribution in [0.15, 0.2) is 18.2 Å². The van der Waals surface area contributed by atoms with Crippen LogP contribution in [0.25, 0.3) is 11.3 Å². The number of aromatic amines is 1. The minimum Gasteiger partial charge on any atom is -0.496 e. The van der Waals surface area contributed by atoms with E-state index in [4.69, 9.17) is 15.2 Å². The van der Waals surface area contributed by atoms with Crippen LogP contribution in [0.1, 0.15) is 5.56 Å². The lowest BCUT2D eigenvalue weighted by Gasteiger charge is -2.11. The Balaban J connectivity index is 2.55. The van der Waals surface area contributed by atoms with Crippen molar-refractivity contribution in [1.29, 1.82) is 0 Å². The number of nitrogens with two attached hydrogens (primary N) is 1. The molecule has 0 atom stereocenters. The van der Waals surface area contributed by atoms with E-state index >= 15 is 0 Å². The van der Waals surface area contributed by atoms with Crippen molar-refractivity contribution < 1.29 is 9.47 Å². The van der Waals surface area contributed by atoms with Crippen molar-refractivity contribution in [2.24, 2.45) is 0 Å². The molecule has 0 aliphatic heterocycles. The molecule has 90 valence electrons. The quantitative estimate of drug-likeness (QED) is 0.850. The summed E-state index contributed by atoms with van der Waals surface area (Å²) in [6.07, 6.45) is 0. The Labute approximate surface area is 99.5 Å². The standard InChI is InChI=1S/C12H15N3O2/c1-7-10(16-2)4-8(5-11(7)17-3)9-6-12(13)15-14-9/h4-6H,1-3H3,(H3,13,14,15). The Hall–Kier alpha value is -2.17. The largest absolute Gasteiger partial charge is 0.496 e. The molecule has 0 unspecified atom stereocenters. The fourth-order valence-electron chi connectivity index (χ4n) is 1.73. The van der Waals surface area contributed by atoms with Gasteiger partial charge in [0.2, 0.25) is 0 Å². The van der Waals surface area contributed by atoms with E-state index in [0.717, 1.165) is 28.3 Å². The molecule has 0 amide bonds. The van der Waals surface area contributed by atoms with Crippen molar-refractivity contribution in [3.63, 3.8) is 0 Å². The zero-order valence-electron chi connectivity index (χ0n) is 10.1. The van der Waals surface area contributed by atoms with E-state index in [-0.39, 0.29) is 0 Å². The summed E-state index contributed by atoms with van der Waals surface area (Å²) in [5.41, 5.74) is 8.30. The molecule has 0 saturated heterocycles. The molecule has 0 aliphatic rings. The summed E-state index contributed by atoms with van der Waals surface area (Å²) in [7, 11) is 3.26. The number of aromatic nitrogens is 2. The molecule has 0 aliphatic carbocycles. The molecule has 5 nitrogen and oxygen atoms in total. The number of nitrogen functional groups attached to an aromatic ring is 1. The van der Waals surface area contributed by atoms with Crippen molar-refractivity contribution in [3.8, 4) is 22.8 Å². The molecule has 1 heterocycles. The minimum atomic E-state index is 0.457. The van der Waals surface area contributed by atoms with E-state index < -0.39 is 0 Å². The highest BCUT2D eigenvalue weighted by Crippen LogP contribution is 2.33. The Bertz CT molecular complexity index is 509. The van der Waals surface area contributed by atoms with Crippen LogP contribution in [0.5, 0.6) is 11.5 Å². The van der Waals surface area contributed by atoms with E-state index in [9.17, 15) is 0 Å². The molecule has 0 bridgehead atoms. The first-order valence-electron chi connectivity index (χ1n) is 5.19. The summed E-state index contributed by atoms with van der Waals surface area (Å²) in [5.74, 6) is 2.00. The maximum absolute atomic E-state index is 5.58. The van der Waals surface area contributed by atoms with Gasteiger partial charge in [-0.05, 0) is 19.1 Å². The lowest BCUT2D eigenvalue weighted by atomic mass is 10.1. The number of methoxy groups -OCH3 is 2. The van der Waals surface area contributed by atoms with Crippen LogP contribution in [0, 0.1) is 6.92 Å². The van der Waals surface area contributed by atoms with Crippen LogP contribution >= 0.6 is 0 Å². The third-order valence-corrected chi connectivity index (χ3v) is 2.66. The van der Waals surface area contributed by atoms with Crippen molar-refractivity contribution in [3.05, 3.63) is 23.8 Å². The zero-order chi connectivity index (χ0) is 12.4. The van der Waals surface area contributed by atoms with Gasteiger partial charge in [-0.25, -0.2) is 0 Å². The highest BCUT2D eigenvalue weighted by molar-refractivity contribution is 5.67. The number of hydrogen-bond acceptors (Lipinski definition) is 4. The number of benzene rings is 1. The summed E-state index contributed by atoms with van der Waals surface area (Å²) in [5, 5.41) is 6.76. The van der Waals surface area contributed by atoms with E-state index in [0.29, 0.717) is 5.82 Å². The SMILES string of the molecule is COc1cc(-c2cc(N)n[nH]2)cc(OC)c1C. The normalized spacial score (nSPS) is 10.3. The fourth-order valence-corrected chi connectivity index (χ4v) is 1.73. The fraction of sp³-hybridized carbons (Fsp3) is 0.250. The number of ether oxygens (including phenoxy) is 2. The molecule has 0 saturated carbocycles. The van der Waals surface area contributed by atoms with Crippen LogP contribution in [0.3, 0.4) is 0 Å². The van der Waals surface area contributed by atoms with Crippen molar-refractivity contribution in [2.45, 2.75) is 6.92 Å². The molecule has 3 N–H and O–H groups in total. The summed E-state index contributed by atoms with van der Waals surface area (Å²) in [6.45, 7) is 1.95. The van der Waals surface area contributed by atoms with Crippen LogP contribution < -0.4 is 15.2 Å². The van der Waals surface area contributed by atoms with Crippen LogP contribution in [0.4, 0.5) is 5.82 Å². The van der Waals surface area contributed by atoms with Crippen LogP contribution in [-0.4, -0.2) is 24.4 Å². The molecule has 0 radical (unpaired) electrons. The predicted octanol–water partition coefficient (Wildman–Crippen LogP) is 1.98. The third kappa shape index (κ3) is 2.04. The Morgan fingerprint density at radius 1 is 1.12 bits per heavy atom. The van der Waals surface area contributed by atoms with Gasteiger partial charge >= 0.3 is 0 Å². The summed E-state index contributed by atoms with van der Waals surface area (Å²) >= 11 is 0. The van der Waals surface area contributed by atoms with Gasteiger partial charge in [0.05, 0.1) is 19.9 Å². The first-order valence-corrected chi connectivity index (χ1v) is 5.19. The first kappa shape index (κ1) is 11.3. The smallest absolute Gasteiger partial charge is 0.145 e. The summed E-state index contributed by atoms with van der Waals surface area (Å²) in [4.78, 5) is 0. The number of nitrogens with one attached hydrogen (secondary N) is 1. The van der Waals surface area contributed by atoms with Gasteiger partial charge in [0.15, 0.2) is 0 Å². The lowest BCUT2D eigenvalue weighted by molar-refractivity contribution is 0.389. The van der Waals surface area contributed by atoms with E-state index in [1.54, 1.807) is 20.3 Å². The maximum atomic E-state index is 5.58. The second-order valence-corrected chi connectivity index (χ2v) is 3.71. The first-order chi connectivity index (χ1) is 8.15. The summed E-state index contributed by atoms with van der Waals surface area (Å²) in [6, 6.07) is 5.61. The van der Waals surface area contributed by atoms with E-state index in [2.05, 4.69) is 10.2 Å². The molecular formula is C12H15N3O2. The Kier molecular flexibility index (Phi) is 2.91. The Morgan fingerprint density at radius 2 is 1.71 bits per heavy atom. The molecule has 1 aromatic heterocycles. The summed E-state index contributed by atoms with van der Waals surface area (Å²) < 4.78 is 10.6. The predicted molar refractivity (Wildman–Crippen MR) is 66.3 cm³/mol.